The lowest BCUT2D eigenvalue weighted by atomic mass is 10.1. The number of ether oxygens (including phenoxy) is 1. The first kappa shape index (κ1) is 15.1. The Labute approximate surface area is 126 Å². The van der Waals surface area contributed by atoms with Gasteiger partial charge in [0, 0.05) is 11.6 Å². The third-order valence-electron chi connectivity index (χ3n) is 2.68. The topological polar surface area (TPSA) is 46.5 Å². The Bertz CT molecular complexity index is 711. The van der Waals surface area contributed by atoms with Crippen LogP contribution in [0.3, 0.4) is 0 Å². The molecular formula is C16H12ClFO3. The van der Waals surface area contributed by atoms with Crippen LogP contribution in [-0.4, -0.2) is 11.1 Å². The monoisotopic (exact) mass is 306 g/mol. The minimum atomic E-state index is -1.13. The van der Waals surface area contributed by atoms with E-state index < -0.39 is 11.8 Å². The molecule has 5 heteroatoms. The summed E-state index contributed by atoms with van der Waals surface area (Å²) in [6.45, 7) is 1.90. The van der Waals surface area contributed by atoms with Crippen molar-refractivity contribution in [1.82, 2.24) is 0 Å². The number of halogens is 2. The fourth-order valence-corrected chi connectivity index (χ4v) is 1.98. The molecule has 2 aromatic carbocycles. The number of benzene rings is 2. The normalized spacial score (nSPS) is 10.8. The second kappa shape index (κ2) is 6.41. The van der Waals surface area contributed by atoms with Crippen LogP contribution in [0.1, 0.15) is 11.1 Å². The molecule has 0 heterocycles. The Morgan fingerprint density at radius 3 is 2.62 bits per heavy atom. The van der Waals surface area contributed by atoms with Gasteiger partial charge in [-0.05, 0) is 48.9 Å². The highest BCUT2D eigenvalue weighted by atomic mass is 35.5. The lowest BCUT2D eigenvalue weighted by molar-refractivity contribution is -0.131. The molecule has 0 spiro atoms. The van der Waals surface area contributed by atoms with Crippen molar-refractivity contribution >= 4 is 23.6 Å². The maximum Gasteiger partial charge on any atom is 0.328 e. The summed E-state index contributed by atoms with van der Waals surface area (Å²) in [5.74, 6) is -0.875. The Kier molecular flexibility index (Phi) is 4.60. The molecule has 0 aromatic heterocycles. The highest BCUT2D eigenvalue weighted by Gasteiger charge is 2.08. The fraction of sp³-hybridized carbons (Fsp3) is 0.0625. The van der Waals surface area contributed by atoms with Crippen molar-refractivity contribution in [3.8, 4) is 11.5 Å². The van der Waals surface area contributed by atoms with E-state index in [1.165, 1.54) is 24.3 Å². The molecule has 0 aliphatic carbocycles. The van der Waals surface area contributed by atoms with Gasteiger partial charge in [0.2, 0.25) is 0 Å². The maximum atomic E-state index is 13.3. The molecule has 0 bridgehead atoms. The van der Waals surface area contributed by atoms with Crippen molar-refractivity contribution in [2.75, 3.05) is 0 Å². The third-order valence-corrected chi connectivity index (χ3v) is 2.98. The molecule has 0 aliphatic heterocycles. The van der Waals surface area contributed by atoms with Crippen LogP contribution in [0.25, 0.3) is 6.08 Å². The van der Waals surface area contributed by atoms with Gasteiger partial charge in [-0.3, -0.25) is 0 Å². The van der Waals surface area contributed by atoms with Crippen LogP contribution in [0.5, 0.6) is 11.5 Å². The van der Waals surface area contributed by atoms with Crippen molar-refractivity contribution in [3.63, 3.8) is 0 Å². The molecule has 2 rings (SSSR count). The van der Waals surface area contributed by atoms with Gasteiger partial charge >= 0.3 is 5.97 Å². The van der Waals surface area contributed by atoms with Gasteiger partial charge in [0.1, 0.15) is 17.3 Å². The van der Waals surface area contributed by atoms with E-state index in [4.69, 9.17) is 21.4 Å². The average Bonchev–Trinajstić information content (AvgIpc) is 2.41. The second-order valence-corrected chi connectivity index (χ2v) is 4.80. The first-order valence-electron chi connectivity index (χ1n) is 6.10. The molecular weight excluding hydrogens is 295 g/mol. The number of aryl methyl sites for hydroxylation is 1. The number of aliphatic carboxylic acids is 1. The maximum absolute atomic E-state index is 13.3. The van der Waals surface area contributed by atoms with Gasteiger partial charge in [0.05, 0.1) is 5.02 Å². The van der Waals surface area contributed by atoms with Crippen LogP contribution in [-0.2, 0) is 4.79 Å². The molecule has 108 valence electrons. The Morgan fingerprint density at radius 1 is 1.24 bits per heavy atom. The summed E-state index contributed by atoms with van der Waals surface area (Å²) in [5.41, 5.74) is 1.30. The average molecular weight is 307 g/mol. The van der Waals surface area contributed by atoms with Crippen LogP contribution in [0.15, 0.2) is 42.5 Å². The summed E-state index contributed by atoms with van der Waals surface area (Å²) in [6, 6.07) is 9.12. The van der Waals surface area contributed by atoms with Gasteiger partial charge < -0.3 is 9.84 Å². The van der Waals surface area contributed by atoms with Crippen LogP contribution >= 0.6 is 11.6 Å². The summed E-state index contributed by atoms with van der Waals surface area (Å²) in [4.78, 5) is 10.6. The number of carbonyl (C=O) groups is 1. The molecule has 0 fully saturated rings. The molecule has 0 unspecified atom stereocenters. The SMILES string of the molecule is Cc1ccc(Oc2ccc(F)cc2C=CC(=O)O)c(Cl)c1. The minimum absolute atomic E-state index is 0.314. The van der Waals surface area contributed by atoms with E-state index in [0.717, 1.165) is 11.6 Å². The van der Waals surface area contributed by atoms with E-state index >= 15 is 0 Å². The smallest absolute Gasteiger partial charge is 0.328 e. The van der Waals surface area contributed by atoms with E-state index in [9.17, 15) is 9.18 Å². The molecule has 1 N–H and O–H groups in total. The molecule has 21 heavy (non-hydrogen) atoms. The van der Waals surface area contributed by atoms with Crippen LogP contribution in [0.2, 0.25) is 5.02 Å². The van der Waals surface area contributed by atoms with Crippen LogP contribution in [0.4, 0.5) is 4.39 Å². The first-order chi connectivity index (χ1) is 9.95. The van der Waals surface area contributed by atoms with Crippen molar-refractivity contribution < 1.29 is 19.0 Å². The first-order valence-corrected chi connectivity index (χ1v) is 6.48. The van der Waals surface area contributed by atoms with Crippen molar-refractivity contribution in [3.05, 3.63) is 64.4 Å². The second-order valence-electron chi connectivity index (χ2n) is 4.39. The summed E-state index contributed by atoms with van der Waals surface area (Å²) in [5, 5.41) is 9.08. The van der Waals surface area contributed by atoms with Gasteiger partial charge in [-0.25, -0.2) is 9.18 Å². The summed E-state index contributed by atoms with van der Waals surface area (Å²) >= 11 is 6.08. The molecule has 0 atom stereocenters. The summed E-state index contributed by atoms with van der Waals surface area (Å²) < 4.78 is 18.9. The molecule has 2 aromatic rings. The zero-order chi connectivity index (χ0) is 15.4. The van der Waals surface area contributed by atoms with E-state index in [-0.39, 0.29) is 0 Å². The van der Waals surface area contributed by atoms with Gasteiger partial charge in [0.25, 0.3) is 0 Å². The Balaban J connectivity index is 2.37. The zero-order valence-electron chi connectivity index (χ0n) is 11.1. The molecule has 0 aliphatic rings. The predicted molar refractivity (Wildman–Crippen MR) is 79.3 cm³/mol. The van der Waals surface area contributed by atoms with E-state index in [1.54, 1.807) is 12.1 Å². The van der Waals surface area contributed by atoms with Crippen LogP contribution < -0.4 is 4.74 Å². The van der Waals surface area contributed by atoms with Crippen LogP contribution in [0, 0.1) is 12.7 Å². The van der Waals surface area contributed by atoms with Gasteiger partial charge in [-0.15, -0.1) is 0 Å². The fourth-order valence-electron chi connectivity index (χ4n) is 1.71. The van der Waals surface area contributed by atoms with Gasteiger partial charge in [-0.2, -0.15) is 0 Å². The lowest BCUT2D eigenvalue weighted by Gasteiger charge is -2.11. The van der Waals surface area contributed by atoms with Crippen molar-refractivity contribution in [2.24, 2.45) is 0 Å². The van der Waals surface area contributed by atoms with Crippen molar-refractivity contribution in [2.45, 2.75) is 6.92 Å². The molecule has 0 saturated carbocycles. The summed E-state index contributed by atoms with van der Waals surface area (Å²) in [6.07, 6.45) is 2.18. The van der Waals surface area contributed by atoms with E-state index in [0.29, 0.717) is 22.1 Å². The number of hydrogen-bond donors (Lipinski definition) is 1. The predicted octanol–water partition coefficient (Wildman–Crippen LogP) is 4.68. The number of carboxylic acid groups (broad SMARTS) is 1. The quantitative estimate of drug-likeness (QED) is 0.834. The van der Waals surface area contributed by atoms with E-state index in [1.807, 2.05) is 13.0 Å². The van der Waals surface area contributed by atoms with Gasteiger partial charge in [-0.1, -0.05) is 17.7 Å². The highest BCUT2D eigenvalue weighted by Crippen LogP contribution is 2.32. The van der Waals surface area contributed by atoms with E-state index in [2.05, 4.69) is 0 Å². The lowest BCUT2D eigenvalue weighted by Crippen LogP contribution is -1.91. The highest BCUT2D eigenvalue weighted by molar-refractivity contribution is 6.32. The minimum Gasteiger partial charge on any atom is -0.478 e. The standard InChI is InChI=1S/C16H12ClFO3/c1-10-2-5-15(13(17)8-10)21-14-6-4-12(18)9-11(14)3-7-16(19)20/h2-9H,1H3,(H,19,20). The zero-order valence-corrected chi connectivity index (χ0v) is 11.9. The van der Waals surface area contributed by atoms with Gasteiger partial charge in [0.15, 0.2) is 0 Å². The largest absolute Gasteiger partial charge is 0.478 e. The molecule has 0 radical (unpaired) electrons. The Morgan fingerprint density at radius 2 is 1.95 bits per heavy atom. The molecule has 3 nitrogen and oxygen atoms in total. The van der Waals surface area contributed by atoms with Crippen molar-refractivity contribution in [1.29, 1.82) is 0 Å². The number of rotatable bonds is 4. The number of carboxylic acids is 1. The number of hydrogen-bond acceptors (Lipinski definition) is 2. The Hall–Kier alpha value is -2.33. The third kappa shape index (κ3) is 4.07. The molecule has 0 amide bonds. The molecule has 0 saturated heterocycles. The summed E-state index contributed by atoms with van der Waals surface area (Å²) in [7, 11) is 0.